The minimum atomic E-state index is -4.98. The Balaban J connectivity index is 2.32. The Morgan fingerprint density at radius 2 is 2.08 bits per heavy atom. The Morgan fingerprint density at radius 3 is 2.67 bits per heavy atom. The standard InChI is InChI=1S/C17H21F3N2O2/c1-3-4-5-9-14-11-16(24,17(18,19)20)22(21-14)15(23)13-8-6-7-12(2)10-13/h6-8,10,24H,3-5,9,11H2,1-2H3/t16-/m0/s1. The van der Waals surface area contributed by atoms with E-state index in [4.69, 9.17) is 0 Å². The van der Waals surface area contributed by atoms with Crippen molar-refractivity contribution >= 4 is 11.6 Å². The maximum atomic E-state index is 13.4. The molecular formula is C17H21F3N2O2. The fourth-order valence-corrected chi connectivity index (χ4v) is 2.67. The third kappa shape index (κ3) is 3.61. The van der Waals surface area contributed by atoms with Gasteiger partial charge in [-0.3, -0.25) is 4.79 Å². The average Bonchev–Trinajstić information content (AvgIpc) is 2.85. The molecule has 1 N–H and O–H groups in total. The molecule has 1 aliphatic rings. The van der Waals surface area contributed by atoms with E-state index in [2.05, 4.69) is 5.10 Å². The molecule has 0 aromatic heterocycles. The number of hydrazone groups is 1. The summed E-state index contributed by atoms with van der Waals surface area (Å²) in [6.45, 7) is 3.71. The van der Waals surface area contributed by atoms with E-state index in [1.54, 1.807) is 19.1 Å². The third-order valence-corrected chi connectivity index (χ3v) is 4.02. The Morgan fingerprint density at radius 1 is 1.38 bits per heavy atom. The van der Waals surface area contributed by atoms with Crippen molar-refractivity contribution in [3.63, 3.8) is 0 Å². The fourth-order valence-electron chi connectivity index (χ4n) is 2.67. The monoisotopic (exact) mass is 342 g/mol. The molecule has 0 spiro atoms. The number of hydrogen-bond donors (Lipinski definition) is 1. The zero-order valence-electron chi connectivity index (χ0n) is 13.7. The van der Waals surface area contributed by atoms with E-state index in [9.17, 15) is 23.1 Å². The summed E-state index contributed by atoms with van der Waals surface area (Å²) >= 11 is 0. The number of halogens is 3. The molecule has 1 amide bonds. The number of nitrogens with zero attached hydrogens (tertiary/aromatic N) is 2. The highest BCUT2D eigenvalue weighted by atomic mass is 19.4. The summed E-state index contributed by atoms with van der Waals surface area (Å²) < 4.78 is 40.2. The zero-order valence-corrected chi connectivity index (χ0v) is 13.7. The smallest absolute Gasteiger partial charge is 0.362 e. The SMILES string of the molecule is CCCCCC1=NN(C(=O)c2cccc(C)c2)[C@@](O)(C(F)(F)F)C1. The van der Waals surface area contributed by atoms with E-state index in [1.165, 1.54) is 12.1 Å². The topological polar surface area (TPSA) is 52.9 Å². The molecule has 0 saturated carbocycles. The van der Waals surface area contributed by atoms with Crippen molar-refractivity contribution in [3.05, 3.63) is 35.4 Å². The minimum Gasteiger partial charge on any atom is -0.362 e. The summed E-state index contributed by atoms with van der Waals surface area (Å²) in [4.78, 5) is 12.5. The van der Waals surface area contributed by atoms with Gasteiger partial charge in [0.1, 0.15) is 0 Å². The summed E-state index contributed by atoms with van der Waals surface area (Å²) in [5.41, 5.74) is -2.28. The van der Waals surface area contributed by atoms with Gasteiger partial charge in [0.15, 0.2) is 0 Å². The average molecular weight is 342 g/mol. The van der Waals surface area contributed by atoms with Gasteiger partial charge in [-0.15, -0.1) is 0 Å². The van der Waals surface area contributed by atoms with Gasteiger partial charge >= 0.3 is 6.18 Å². The van der Waals surface area contributed by atoms with Crippen LogP contribution in [-0.2, 0) is 0 Å². The Hall–Kier alpha value is -1.89. The summed E-state index contributed by atoms with van der Waals surface area (Å²) in [5, 5.41) is 14.2. The molecule has 132 valence electrons. The zero-order chi connectivity index (χ0) is 18.0. The maximum absolute atomic E-state index is 13.4. The van der Waals surface area contributed by atoms with Crippen LogP contribution in [0.15, 0.2) is 29.4 Å². The van der Waals surface area contributed by atoms with Crippen molar-refractivity contribution in [2.24, 2.45) is 5.10 Å². The Bertz CT molecular complexity index is 643. The van der Waals surface area contributed by atoms with Gasteiger partial charge in [-0.05, 0) is 31.9 Å². The molecule has 0 radical (unpaired) electrons. The summed E-state index contributed by atoms with van der Waals surface area (Å²) in [7, 11) is 0. The highest BCUT2D eigenvalue weighted by Crippen LogP contribution is 2.41. The van der Waals surface area contributed by atoms with E-state index < -0.39 is 24.2 Å². The lowest BCUT2D eigenvalue weighted by molar-refractivity contribution is -0.297. The molecule has 0 aliphatic carbocycles. The number of alkyl halides is 3. The van der Waals surface area contributed by atoms with Crippen LogP contribution < -0.4 is 0 Å². The summed E-state index contributed by atoms with van der Waals surface area (Å²) in [6.07, 6.45) is -2.89. The third-order valence-electron chi connectivity index (χ3n) is 4.02. The van der Waals surface area contributed by atoms with Gasteiger partial charge in [0.25, 0.3) is 11.6 Å². The van der Waals surface area contributed by atoms with Crippen molar-refractivity contribution in [1.82, 2.24) is 5.01 Å². The van der Waals surface area contributed by atoms with E-state index >= 15 is 0 Å². The summed E-state index contributed by atoms with van der Waals surface area (Å²) in [6, 6.07) is 6.20. The van der Waals surface area contributed by atoms with Crippen LogP contribution in [0.3, 0.4) is 0 Å². The Kier molecular flexibility index (Phi) is 5.32. The molecule has 2 rings (SSSR count). The van der Waals surface area contributed by atoms with Gasteiger partial charge in [0.05, 0.1) is 0 Å². The van der Waals surface area contributed by atoms with Crippen LogP contribution in [0, 0.1) is 6.92 Å². The lowest BCUT2D eigenvalue weighted by Crippen LogP contribution is -2.56. The molecule has 0 saturated heterocycles. The largest absolute Gasteiger partial charge is 0.438 e. The van der Waals surface area contributed by atoms with Crippen molar-refractivity contribution in [2.75, 3.05) is 0 Å². The molecule has 0 bridgehead atoms. The van der Waals surface area contributed by atoms with Crippen molar-refractivity contribution < 1.29 is 23.1 Å². The number of benzene rings is 1. The summed E-state index contributed by atoms with van der Waals surface area (Å²) in [5.74, 6) is -0.955. The predicted octanol–water partition coefficient (Wildman–Crippen LogP) is 4.03. The van der Waals surface area contributed by atoms with E-state index in [-0.39, 0.29) is 16.3 Å². The molecule has 0 unspecified atom stereocenters. The number of amides is 1. The molecule has 0 fully saturated rings. The molecule has 1 heterocycles. The number of hydrogen-bond acceptors (Lipinski definition) is 3. The van der Waals surface area contributed by atoms with Crippen molar-refractivity contribution in [2.45, 2.75) is 57.9 Å². The maximum Gasteiger partial charge on any atom is 0.438 e. The number of carbonyl (C=O) groups excluding carboxylic acids is 1. The van der Waals surface area contributed by atoms with Crippen LogP contribution >= 0.6 is 0 Å². The second-order valence-corrected chi connectivity index (χ2v) is 6.10. The second kappa shape index (κ2) is 6.93. The van der Waals surface area contributed by atoms with E-state index in [0.29, 0.717) is 12.8 Å². The molecular weight excluding hydrogens is 321 g/mol. The van der Waals surface area contributed by atoms with E-state index in [0.717, 1.165) is 18.4 Å². The quantitative estimate of drug-likeness (QED) is 0.822. The molecule has 7 heteroatoms. The normalized spacial score (nSPS) is 21.1. The first-order valence-electron chi connectivity index (χ1n) is 7.95. The second-order valence-electron chi connectivity index (χ2n) is 6.10. The van der Waals surface area contributed by atoms with Gasteiger partial charge in [-0.25, -0.2) is 0 Å². The van der Waals surface area contributed by atoms with Gasteiger partial charge in [0, 0.05) is 17.7 Å². The van der Waals surface area contributed by atoms with Crippen molar-refractivity contribution in [3.8, 4) is 0 Å². The highest BCUT2D eigenvalue weighted by molar-refractivity contribution is 5.98. The Labute approximate surface area is 139 Å². The molecule has 1 aliphatic heterocycles. The molecule has 1 aromatic carbocycles. The minimum absolute atomic E-state index is 0.0660. The van der Waals surface area contributed by atoms with Crippen LogP contribution in [0.4, 0.5) is 13.2 Å². The number of aryl methyl sites for hydroxylation is 1. The number of rotatable bonds is 5. The van der Waals surface area contributed by atoms with Gasteiger partial charge in [-0.2, -0.15) is 23.3 Å². The fraction of sp³-hybridized carbons (Fsp3) is 0.529. The molecule has 4 nitrogen and oxygen atoms in total. The van der Waals surface area contributed by atoms with Crippen molar-refractivity contribution in [1.29, 1.82) is 0 Å². The lowest BCUT2D eigenvalue weighted by Gasteiger charge is -2.32. The van der Waals surface area contributed by atoms with E-state index in [1.807, 2.05) is 6.92 Å². The first kappa shape index (κ1) is 18.4. The van der Waals surface area contributed by atoms with Crippen LogP contribution in [-0.4, -0.2) is 33.6 Å². The molecule has 24 heavy (non-hydrogen) atoms. The number of unbranched alkanes of at least 4 members (excludes halogenated alkanes) is 2. The lowest BCUT2D eigenvalue weighted by atomic mass is 10.0. The highest BCUT2D eigenvalue weighted by Gasteiger charge is 2.63. The molecule has 1 atom stereocenters. The first-order valence-corrected chi connectivity index (χ1v) is 7.95. The van der Waals surface area contributed by atoms with Gasteiger partial charge < -0.3 is 5.11 Å². The number of aliphatic hydroxyl groups is 1. The van der Waals surface area contributed by atoms with Crippen LogP contribution in [0.2, 0.25) is 0 Å². The number of carbonyl (C=O) groups is 1. The molecule has 1 aromatic rings. The van der Waals surface area contributed by atoms with Crippen LogP contribution in [0.25, 0.3) is 0 Å². The van der Waals surface area contributed by atoms with Gasteiger partial charge in [-0.1, -0.05) is 37.5 Å². The van der Waals surface area contributed by atoms with Crippen LogP contribution in [0.1, 0.15) is 54.9 Å². The predicted molar refractivity (Wildman–Crippen MR) is 84.5 cm³/mol. The van der Waals surface area contributed by atoms with Gasteiger partial charge in [0.2, 0.25) is 0 Å². The van der Waals surface area contributed by atoms with Crippen LogP contribution in [0.5, 0.6) is 0 Å². The first-order chi connectivity index (χ1) is 11.2.